The number of halogens is 2. The molecule has 1 aromatic heterocycles. The first kappa shape index (κ1) is 12.3. The van der Waals surface area contributed by atoms with Crippen molar-refractivity contribution in [3.8, 4) is 0 Å². The molecule has 0 aliphatic rings. The zero-order valence-corrected chi connectivity index (χ0v) is 8.41. The number of alkyl halides is 2. The van der Waals surface area contributed by atoms with Crippen molar-refractivity contribution in [1.82, 2.24) is 4.98 Å². The van der Waals surface area contributed by atoms with Crippen molar-refractivity contribution < 1.29 is 13.6 Å². The van der Waals surface area contributed by atoms with Gasteiger partial charge in [-0.1, -0.05) is 0 Å². The molecule has 0 radical (unpaired) electrons. The second-order valence-electron chi connectivity index (χ2n) is 3.21. The van der Waals surface area contributed by atoms with Crippen molar-refractivity contribution in [2.45, 2.75) is 5.92 Å². The molecular formula is C9H12F2N4O. The average molecular weight is 230 g/mol. The van der Waals surface area contributed by atoms with Gasteiger partial charge >= 0.3 is 0 Å². The van der Waals surface area contributed by atoms with Gasteiger partial charge in [-0.25, -0.2) is 13.8 Å². The number of nitrogens with zero attached hydrogens (tertiary/aromatic N) is 1. The number of nitrogens with one attached hydrogen (secondary N) is 1. The average Bonchev–Trinajstić information content (AvgIpc) is 2.27. The molecule has 1 heterocycles. The van der Waals surface area contributed by atoms with Crippen LogP contribution < -0.4 is 16.8 Å². The molecule has 0 atom stereocenters. The summed E-state index contributed by atoms with van der Waals surface area (Å²) in [7, 11) is 0. The zero-order valence-electron chi connectivity index (χ0n) is 8.41. The van der Waals surface area contributed by atoms with E-state index in [1.807, 2.05) is 0 Å². The maximum Gasteiger partial charge on any atom is 0.276 e. The van der Waals surface area contributed by atoms with E-state index in [1.54, 1.807) is 0 Å². The number of hydrogen-bond donors (Lipinski definition) is 3. The first-order chi connectivity index (χ1) is 7.44. The SMILES string of the molecule is NCC(F)(F)CNc1ccc(C(N)=O)cn1. The number of carbonyl (C=O) groups excluding carboxylic acids is 1. The Bertz CT molecular complexity index is 366. The van der Waals surface area contributed by atoms with Gasteiger partial charge in [0, 0.05) is 6.20 Å². The molecule has 0 unspecified atom stereocenters. The van der Waals surface area contributed by atoms with Gasteiger partial charge < -0.3 is 16.8 Å². The van der Waals surface area contributed by atoms with Crippen LogP contribution in [-0.2, 0) is 0 Å². The lowest BCUT2D eigenvalue weighted by Crippen LogP contribution is -2.35. The van der Waals surface area contributed by atoms with Crippen LogP contribution in [0.3, 0.4) is 0 Å². The van der Waals surface area contributed by atoms with Crippen molar-refractivity contribution in [3.63, 3.8) is 0 Å². The number of aromatic nitrogens is 1. The maximum atomic E-state index is 12.8. The molecule has 88 valence electrons. The molecule has 0 spiro atoms. The van der Waals surface area contributed by atoms with Crippen LogP contribution in [0.2, 0.25) is 0 Å². The van der Waals surface area contributed by atoms with Crippen LogP contribution >= 0.6 is 0 Å². The molecule has 0 fully saturated rings. The zero-order chi connectivity index (χ0) is 12.2. The third kappa shape index (κ3) is 3.43. The molecule has 5 nitrogen and oxygen atoms in total. The molecule has 1 aromatic rings. The standard InChI is InChI=1S/C9H12F2N4O/c10-9(11,4-12)5-15-7-2-1-6(3-14-7)8(13)16/h1-3H,4-5,12H2,(H2,13,16)(H,14,15). The maximum absolute atomic E-state index is 12.8. The Hall–Kier alpha value is -1.76. The summed E-state index contributed by atoms with van der Waals surface area (Å²) in [6.07, 6.45) is 1.21. The topological polar surface area (TPSA) is 94.0 Å². The van der Waals surface area contributed by atoms with Crippen LogP contribution in [0.5, 0.6) is 0 Å². The lowest BCUT2D eigenvalue weighted by molar-refractivity contribution is 0.0253. The van der Waals surface area contributed by atoms with Crippen molar-refractivity contribution in [2.75, 3.05) is 18.4 Å². The third-order valence-corrected chi connectivity index (χ3v) is 1.87. The minimum atomic E-state index is -2.98. The highest BCUT2D eigenvalue weighted by Crippen LogP contribution is 2.12. The molecule has 0 aliphatic carbocycles. The Morgan fingerprint density at radius 1 is 1.50 bits per heavy atom. The number of hydrogen-bond acceptors (Lipinski definition) is 4. The van der Waals surface area contributed by atoms with Gasteiger partial charge in [-0.2, -0.15) is 0 Å². The first-order valence-corrected chi connectivity index (χ1v) is 4.52. The quantitative estimate of drug-likeness (QED) is 0.672. The molecule has 0 aromatic carbocycles. The van der Waals surface area contributed by atoms with Gasteiger partial charge in [0.25, 0.3) is 5.92 Å². The van der Waals surface area contributed by atoms with E-state index in [-0.39, 0.29) is 11.4 Å². The van der Waals surface area contributed by atoms with Gasteiger partial charge in [0.1, 0.15) is 5.82 Å². The predicted molar refractivity (Wildman–Crippen MR) is 55.2 cm³/mol. The largest absolute Gasteiger partial charge is 0.366 e. The molecule has 0 aliphatic heterocycles. The van der Waals surface area contributed by atoms with Crippen molar-refractivity contribution >= 4 is 11.7 Å². The summed E-state index contributed by atoms with van der Waals surface area (Å²) in [5.74, 6) is -3.37. The molecule has 7 heteroatoms. The Balaban J connectivity index is 2.59. The lowest BCUT2D eigenvalue weighted by atomic mass is 10.2. The van der Waals surface area contributed by atoms with E-state index in [9.17, 15) is 13.6 Å². The Kier molecular flexibility index (Phi) is 3.73. The highest BCUT2D eigenvalue weighted by Gasteiger charge is 2.26. The second kappa shape index (κ2) is 4.84. The van der Waals surface area contributed by atoms with Crippen LogP contribution in [0, 0.1) is 0 Å². The Morgan fingerprint density at radius 2 is 2.19 bits per heavy atom. The third-order valence-electron chi connectivity index (χ3n) is 1.87. The molecule has 1 amide bonds. The van der Waals surface area contributed by atoms with Gasteiger partial charge in [0.15, 0.2) is 0 Å². The molecule has 1 rings (SSSR count). The van der Waals surface area contributed by atoms with E-state index >= 15 is 0 Å². The van der Waals surface area contributed by atoms with Crippen LogP contribution in [-0.4, -0.2) is 29.9 Å². The summed E-state index contributed by atoms with van der Waals surface area (Å²) in [6.45, 7) is -1.34. The monoisotopic (exact) mass is 230 g/mol. The van der Waals surface area contributed by atoms with E-state index in [4.69, 9.17) is 11.5 Å². The summed E-state index contributed by atoms with van der Waals surface area (Å²) >= 11 is 0. The van der Waals surface area contributed by atoms with Gasteiger partial charge in [0.05, 0.1) is 18.7 Å². The van der Waals surface area contributed by atoms with E-state index in [2.05, 4.69) is 10.3 Å². The van der Waals surface area contributed by atoms with Crippen LogP contribution in [0.25, 0.3) is 0 Å². The molecule has 0 saturated carbocycles. The van der Waals surface area contributed by atoms with Crippen molar-refractivity contribution in [3.05, 3.63) is 23.9 Å². The van der Waals surface area contributed by atoms with E-state index in [0.29, 0.717) is 0 Å². The molecule has 0 bridgehead atoms. The minimum absolute atomic E-state index is 0.219. The number of nitrogens with two attached hydrogens (primary N) is 2. The Morgan fingerprint density at radius 3 is 2.62 bits per heavy atom. The van der Waals surface area contributed by atoms with E-state index < -0.39 is 24.9 Å². The van der Waals surface area contributed by atoms with Crippen LogP contribution in [0.4, 0.5) is 14.6 Å². The Labute approximate surface area is 90.8 Å². The summed E-state index contributed by atoms with van der Waals surface area (Å²) in [5.41, 5.74) is 10.1. The predicted octanol–water partition coefficient (Wildman–Crippen LogP) is 0.186. The van der Waals surface area contributed by atoms with Gasteiger partial charge in [-0.15, -0.1) is 0 Å². The second-order valence-corrected chi connectivity index (χ2v) is 3.21. The summed E-state index contributed by atoms with van der Waals surface area (Å²) in [5, 5.41) is 2.41. The molecule has 16 heavy (non-hydrogen) atoms. The van der Waals surface area contributed by atoms with Gasteiger partial charge in [0.2, 0.25) is 5.91 Å². The van der Waals surface area contributed by atoms with Crippen molar-refractivity contribution in [2.24, 2.45) is 11.5 Å². The minimum Gasteiger partial charge on any atom is -0.366 e. The van der Waals surface area contributed by atoms with Crippen LogP contribution in [0.1, 0.15) is 10.4 Å². The summed E-state index contributed by atoms with van der Waals surface area (Å²) in [4.78, 5) is 14.5. The molecule has 0 saturated heterocycles. The van der Waals surface area contributed by atoms with E-state index in [0.717, 1.165) is 0 Å². The van der Waals surface area contributed by atoms with Gasteiger partial charge in [-0.3, -0.25) is 4.79 Å². The number of anilines is 1. The van der Waals surface area contributed by atoms with Crippen LogP contribution in [0.15, 0.2) is 18.3 Å². The molecular weight excluding hydrogens is 218 g/mol. The highest BCUT2D eigenvalue weighted by atomic mass is 19.3. The van der Waals surface area contributed by atoms with E-state index in [1.165, 1.54) is 18.3 Å². The van der Waals surface area contributed by atoms with Gasteiger partial charge in [-0.05, 0) is 12.1 Å². The number of primary amides is 1. The number of carbonyl (C=O) groups is 1. The summed E-state index contributed by atoms with van der Waals surface area (Å²) < 4.78 is 25.5. The highest BCUT2D eigenvalue weighted by molar-refractivity contribution is 5.92. The number of amides is 1. The summed E-state index contributed by atoms with van der Waals surface area (Å²) in [6, 6.07) is 2.80. The lowest BCUT2D eigenvalue weighted by Gasteiger charge is -2.14. The smallest absolute Gasteiger partial charge is 0.276 e. The van der Waals surface area contributed by atoms with Crippen molar-refractivity contribution in [1.29, 1.82) is 0 Å². The fourth-order valence-electron chi connectivity index (χ4n) is 0.936. The number of pyridine rings is 1. The normalized spacial score (nSPS) is 11.2. The molecule has 5 N–H and O–H groups in total. The first-order valence-electron chi connectivity index (χ1n) is 4.52. The number of rotatable bonds is 5. The fourth-order valence-corrected chi connectivity index (χ4v) is 0.936. The fraction of sp³-hybridized carbons (Fsp3) is 0.333.